The van der Waals surface area contributed by atoms with Gasteiger partial charge >= 0.3 is 0 Å². The van der Waals surface area contributed by atoms with E-state index in [0.717, 1.165) is 30.8 Å². The predicted octanol–water partition coefficient (Wildman–Crippen LogP) is 5.08. The summed E-state index contributed by atoms with van der Waals surface area (Å²) in [5.41, 5.74) is 1.63. The van der Waals surface area contributed by atoms with Crippen molar-refractivity contribution in [2.75, 3.05) is 11.4 Å². The Morgan fingerprint density at radius 1 is 1.26 bits per heavy atom. The van der Waals surface area contributed by atoms with E-state index in [-0.39, 0.29) is 6.04 Å². The van der Waals surface area contributed by atoms with Gasteiger partial charge in [0.05, 0.1) is 24.1 Å². The highest BCUT2D eigenvalue weighted by Crippen LogP contribution is 2.38. The van der Waals surface area contributed by atoms with Crippen molar-refractivity contribution in [2.45, 2.75) is 18.9 Å². The Labute approximate surface area is 163 Å². The van der Waals surface area contributed by atoms with Gasteiger partial charge in [0.2, 0.25) is 0 Å². The number of anilines is 1. The zero-order chi connectivity index (χ0) is 18.8. The van der Waals surface area contributed by atoms with Crippen LogP contribution < -0.4 is 9.64 Å². The number of rotatable bonds is 4. The summed E-state index contributed by atoms with van der Waals surface area (Å²) in [4.78, 5) is 6.60. The van der Waals surface area contributed by atoms with Gasteiger partial charge in [0.15, 0.2) is 0 Å². The molecule has 0 saturated carbocycles. The number of aromatic nitrogens is 2. The number of hydrogen-bond donors (Lipinski definition) is 0. The SMILES string of the molecule is Cn1cncc1N1CCC[C@H]1c1ccc(C#N)c(Oc2cccc(Cl)c2)c1. The third-order valence-corrected chi connectivity index (χ3v) is 5.11. The van der Waals surface area contributed by atoms with Gasteiger partial charge in [-0.3, -0.25) is 0 Å². The second kappa shape index (κ2) is 7.34. The van der Waals surface area contributed by atoms with Crippen molar-refractivity contribution >= 4 is 17.4 Å². The lowest BCUT2D eigenvalue weighted by Crippen LogP contribution is -2.24. The fourth-order valence-electron chi connectivity index (χ4n) is 3.59. The molecule has 1 aromatic heterocycles. The maximum absolute atomic E-state index is 9.47. The fraction of sp³-hybridized carbons (Fsp3) is 0.238. The average Bonchev–Trinajstić information content (AvgIpc) is 3.30. The molecule has 1 fully saturated rings. The third kappa shape index (κ3) is 3.49. The number of ether oxygens (including phenoxy) is 1. The molecule has 0 radical (unpaired) electrons. The normalized spacial score (nSPS) is 16.3. The molecule has 1 aliphatic heterocycles. The van der Waals surface area contributed by atoms with Crippen LogP contribution in [-0.4, -0.2) is 16.1 Å². The Kier molecular flexibility index (Phi) is 4.74. The van der Waals surface area contributed by atoms with Gasteiger partial charge in [-0.15, -0.1) is 0 Å². The largest absolute Gasteiger partial charge is 0.456 e. The smallest absolute Gasteiger partial charge is 0.145 e. The number of nitrogens with zero attached hydrogens (tertiary/aromatic N) is 4. The van der Waals surface area contributed by atoms with Gasteiger partial charge in [-0.1, -0.05) is 23.7 Å². The minimum atomic E-state index is 0.231. The molecule has 136 valence electrons. The highest BCUT2D eigenvalue weighted by molar-refractivity contribution is 6.30. The van der Waals surface area contributed by atoms with E-state index in [2.05, 4.69) is 16.0 Å². The van der Waals surface area contributed by atoms with E-state index >= 15 is 0 Å². The van der Waals surface area contributed by atoms with Gasteiger partial charge in [-0.05, 0) is 48.7 Å². The maximum atomic E-state index is 9.47. The number of halogens is 1. The lowest BCUT2D eigenvalue weighted by molar-refractivity contribution is 0.479. The van der Waals surface area contributed by atoms with Crippen molar-refractivity contribution in [2.24, 2.45) is 7.05 Å². The number of hydrogen-bond acceptors (Lipinski definition) is 4. The van der Waals surface area contributed by atoms with E-state index in [4.69, 9.17) is 16.3 Å². The summed E-state index contributed by atoms with van der Waals surface area (Å²) < 4.78 is 8.02. The molecule has 0 unspecified atom stereocenters. The van der Waals surface area contributed by atoms with Crippen LogP contribution in [0.5, 0.6) is 11.5 Å². The highest BCUT2D eigenvalue weighted by Gasteiger charge is 2.28. The monoisotopic (exact) mass is 378 g/mol. The number of benzene rings is 2. The van der Waals surface area contributed by atoms with Gasteiger partial charge in [0.25, 0.3) is 0 Å². The van der Waals surface area contributed by atoms with Crippen LogP contribution >= 0.6 is 11.6 Å². The molecule has 5 nitrogen and oxygen atoms in total. The van der Waals surface area contributed by atoms with Crippen LogP contribution in [0.25, 0.3) is 0 Å². The van der Waals surface area contributed by atoms with Crippen molar-refractivity contribution in [3.8, 4) is 17.6 Å². The number of imidazole rings is 1. The molecule has 2 aromatic carbocycles. The Balaban J connectivity index is 1.68. The van der Waals surface area contributed by atoms with Gasteiger partial charge in [-0.2, -0.15) is 5.26 Å². The van der Waals surface area contributed by atoms with Gasteiger partial charge in [-0.25, -0.2) is 4.98 Å². The molecule has 1 aliphatic rings. The number of aryl methyl sites for hydroxylation is 1. The molecule has 4 rings (SSSR count). The van der Waals surface area contributed by atoms with Crippen molar-refractivity contribution in [1.29, 1.82) is 5.26 Å². The molecule has 0 aliphatic carbocycles. The standard InChI is InChI=1S/C21H19ClN4O/c1-25-14-24-13-21(25)26-9-3-6-19(26)15-7-8-16(12-23)20(10-15)27-18-5-2-4-17(22)11-18/h2,4-5,7-8,10-11,13-14,19H,3,6,9H2,1H3/t19-/m0/s1. The van der Waals surface area contributed by atoms with Crippen molar-refractivity contribution in [3.05, 3.63) is 71.1 Å². The van der Waals surface area contributed by atoms with Crippen LogP contribution in [-0.2, 0) is 7.05 Å². The number of nitriles is 1. The predicted molar refractivity (Wildman–Crippen MR) is 105 cm³/mol. The van der Waals surface area contributed by atoms with E-state index in [1.807, 2.05) is 54.5 Å². The van der Waals surface area contributed by atoms with E-state index in [1.165, 1.54) is 0 Å². The molecule has 1 atom stereocenters. The summed E-state index contributed by atoms with van der Waals surface area (Å²) in [7, 11) is 2.00. The van der Waals surface area contributed by atoms with Crippen molar-refractivity contribution in [3.63, 3.8) is 0 Å². The Morgan fingerprint density at radius 2 is 2.15 bits per heavy atom. The molecule has 0 spiro atoms. The van der Waals surface area contributed by atoms with E-state index < -0.39 is 0 Å². The summed E-state index contributed by atoms with van der Waals surface area (Å²) in [6.45, 7) is 0.981. The van der Waals surface area contributed by atoms with Crippen LogP contribution in [0, 0.1) is 11.3 Å². The molecule has 0 bridgehead atoms. The molecule has 3 aromatic rings. The van der Waals surface area contributed by atoms with E-state index in [1.54, 1.807) is 12.1 Å². The Bertz CT molecular complexity index is 1010. The lowest BCUT2D eigenvalue weighted by atomic mass is 10.0. The third-order valence-electron chi connectivity index (χ3n) is 4.87. The molecule has 0 N–H and O–H groups in total. The van der Waals surface area contributed by atoms with Crippen molar-refractivity contribution < 1.29 is 4.74 Å². The second-order valence-corrected chi connectivity index (χ2v) is 7.08. The molecular formula is C21H19ClN4O. The Hall–Kier alpha value is -2.97. The van der Waals surface area contributed by atoms with Gasteiger partial charge in [0, 0.05) is 18.6 Å². The average molecular weight is 379 g/mol. The minimum absolute atomic E-state index is 0.231. The Morgan fingerprint density at radius 3 is 2.89 bits per heavy atom. The molecule has 2 heterocycles. The first-order chi connectivity index (χ1) is 13.2. The van der Waals surface area contributed by atoms with E-state index in [0.29, 0.717) is 22.1 Å². The molecule has 0 amide bonds. The van der Waals surface area contributed by atoms with Gasteiger partial charge in [0.1, 0.15) is 23.4 Å². The lowest BCUT2D eigenvalue weighted by Gasteiger charge is -2.27. The summed E-state index contributed by atoms with van der Waals surface area (Å²) >= 11 is 6.05. The molecule has 1 saturated heterocycles. The summed E-state index contributed by atoms with van der Waals surface area (Å²) in [6.07, 6.45) is 5.87. The molecular weight excluding hydrogens is 360 g/mol. The van der Waals surface area contributed by atoms with Crippen LogP contribution in [0.15, 0.2) is 55.0 Å². The first kappa shape index (κ1) is 17.4. The van der Waals surface area contributed by atoms with Crippen molar-refractivity contribution in [1.82, 2.24) is 9.55 Å². The topological polar surface area (TPSA) is 54.1 Å². The molecule has 27 heavy (non-hydrogen) atoms. The maximum Gasteiger partial charge on any atom is 0.145 e. The van der Waals surface area contributed by atoms with Crippen LogP contribution in [0.3, 0.4) is 0 Å². The summed E-state index contributed by atoms with van der Waals surface area (Å²) in [6, 6.07) is 15.5. The quantitative estimate of drug-likeness (QED) is 0.635. The van der Waals surface area contributed by atoms with Crippen LogP contribution in [0.2, 0.25) is 5.02 Å². The highest BCUT2D eigenvalue weighted by atomic mass is 35.5. The van der Waals surface area contributed by atoms with E-state index in [9.17, 15) is 5.26 Å². The fourth-order valence-corrected chi connectivity index (χ4v) is 3.78. The molecule has 6 heteroatoms. The summed E-state index contributed by atoms with van der Waals surface area (Å²) in [5, 5.41) is 10.1. The zero-order valence-corrected chi connectivity index (χ0v) is 15.7. The first-order valence-electron chi connectivity index (χ1n) is 8.86. The minimum Gasteiger partial charge on any atom is -0.456 e. The van der Waals surface area contributed by atoms with Gasteiger partial charge < -0.3 is 14.2 Å². The van der Waals surface area contributed by atoms with Crippen LogP contribution in [0.4, 0.5) is 5.82 Å². The first-order valence-corrected chi connectivity index (χ1v) is 9.24. The summed E-state index contributed by atoms with van der Waals surface area (Å²) in [5.74, 6) is 2.26. The second-order valence-electron chi connectivity index (χ2n) is 6.64. The van der Waals surface area contributed by atoms with Crippen LogP contribution in [0.1, 0.15) is 30.0 Å². The zero-order valence-electron chi connectivity index (χ0n) is 15.0.